The van der Waals surface area contributed by atoms with Gasteiger partial charge >= 0.3 is 0 Å². The van der Waals surface area contributed by atoms with Crippen LogP contribution in [0.2, 0.25) is 0 Å². The van der Waals surface area contributed by atoms with Gasteiger partial charge in [-0.1, -0.05) is 0 Å². The third-order valence-electron chi connectivity index (χ3n) is 3.47. The van der Waals surface area contributed by atoms with Gasteiger partial charge in [-0.25, -0.2) is 0 Å². The molecule has 1 heterocycles. The lowest BCUT2D eigenvalue weighted by Crippen LogP contribution is -2.41. The molecule has 0 saturated heterocycles. The van der Waals surface area contributed by atoms with E-state index in [9.17, 15) is 0 Å². The van der Waals surface area contributed by atoms with Gasteiger partial charge in [0.1, 0.15) is 12.4 Å². The molecule has 1 unspecified atom stereocenters. The Hall–Kier alpha value is -1.07. The van der Waals surface area contributed by atoms with E-state index in [-0.39, 0.29) is 6.04 Å². The Kier molecular flexibility index (Phi) is 4.60. The van der Waals surface area contributed by atoms with Crippen LogP contribution in [0.15, 0.2) is 16.8 Å². The van der Waals surface area contributed by atoms with Crippen LogP contribution >= 0.6 is 0 Å². The van der Waals surface area contributed by atoms with E-state index in [1.165, 1.54) is 0 Å². The smallest absolute Gasteiger partial charge is 0.110 e. The fourth-order valence-electron chi connectivity index (χ4n) is 2.45. The summed E-state index contributed by atoms with van der Waals surface area (Å²) < 4.78 is 5.66. The summed E-state index contributed by atoms with van der Waals surface area (Å²) in [6.07, 6.45) is 5.33. The van der Waals surface area contributed by atoms with E-state index in [4.69, 9.17) is 16.2 Å². The van der Waals surface area contributed by atoms with Crippen LogP contribution in [0.25, 0.3) is 0 Å². The molecule has 1 saturated carbocycles. The first-order valence-electron chi connectivity index (χ1n) is 6.71. The highest BCUT2D eigenvalue weighted by Crippen LogP contribution is 2.24. The van der Waals surface area contributed by atoms with Crippen molar-refractivity contribution in [2.45, 2.75) is 38.3 Å². The van der Waals surface area contributed by atoms with Crippen molar-refractivity contribution in [1.82, 2.24) is 5.32 Å². The van der Waals surface area contributed by atoms with Crippen LogP contribution in [-0.2, 0) is 4.74 Å². The largest absolute Gasteiger partial charge is 0.495 e. The number of nitrogens with zero attached hydrogens (tertiary/aromatic N) is 1. The monoisotopic (exact) mass is 252 g/mol. The molecule has 1 aliphatic carbocycles. The van der Waals surface area contributed by atoms with Crippen LogP contribution < -0.4 is 16.8 Å². The summed E-state index contributed by atoms with van der Waals surface area (Å²) in [6, 6.07) is 0.614. The second-order valence-corrected chi connectivity index (χ2v) is 5.37. The Morgan fingerprint density at radius 3 is 2.89 bits per heavy atom. The molecule has 102 valence electrons. The topological polar surface area (TPSA) is 85.7 Å². The minimum absolute atomic E-state index is 0.184. The summed E-state index contributed by atoms with van der Waals surface area (Å²) in [7, 11) is 0. The number of hydrogen-bond donors (Lipinski definition) is 3. The van der Waals surface area contributed by atoms with Gasteiger partial charge in [0.2, 0.25) is 0 Å². The number of nitrogens with two attached hydrogens (primary N) is 2. The van der Waals surface area contributed by atoms with Crippen molar-refractivity contribution in [2.24, 2.45) is 22.4 Å². The third-order valence-corrected chi connectivity index (χ3v) is 3.47. The Balaban J connectivity index is 1.63. The summed E-state index contributed by atoms with van der Waals surface area (Å²) >= 11 is 0. The van der Waals surface area contributed by atoms with Gasteiger partial charge in [-0.05, 0) is 44.7 Å². The second kappa shape index (κ2) is 6.20. The molecular weight excluding hydrogens is 228 g/mol. The van der Waals surface area contributed by atoms with Crippen molar-refractivity contribution in [3.63, 3.8) is 0 Å². The predicted molar refractivity (Wildman–Crippen MR) is 73.3 cm³/mol. The van der Waals surface area contributed by atoms with E-state index in [1.807, 2.05) is 6.92 Å². The first kappa shape index (κ1) is 13.4. The Morgan fingerprint density at radius 2 is 2.33 bits per heavy atom. The highest BCUT2D eigenvalue weighted by molar-refractivity contribution is 5.77. The van der Waals surface area contributed by atoms with E-state index in [1.54, 1.807) is 0 Å². The molecule has 1 aliphatic heterocycles. The molecule has 0 bridgehead atoms. The number of amidine groups is 1. The van der Waals surface area contributed by atoms with E-state index in [0.717, 1.165) is 44.0 Å². The molecule has 1 fully saturated rings. The SMILES string of the molecule is CC(N)=NC1CC=C(CNCC2CC(N)C2)OC1. The first-order chi connectivity index (χ1) is 8.63. The van der Waals surface area contributed by atoms with Gasteiger partial charge in [-0.3, -0.25) is 4.99 Å². The van der Waals surface area contributed by atoms with Crippen molar-refractivity contribution in [1.29, 1.82) is 0 Å². The van der Waals surface area contributed by atoms with Crippen LogP contribution in [0.3, 0.4) is 0 Å². The van der Waals surface area contributed by atoms with Gasteiger partial charge < -0.3 is 21.5 Å². The standard InChI is InChI=1S/C13H24N4O/c1-9(14)17-12-2-3-13(18-8-12)7-16-6-10-4-11(15)5-10/h3,10-12,16H,2,4-8,15H2,1H3,(H2,14,17). The predicted octanol–water partition coefficient (Wildman–Crippen LogP) is 0.363. The highest BCUT2D eigenvalue weighted by Gasteiger charge is 2.25. The van der Waals surface area contributed by atoms with Crippen molar-refractivity contribution < 1.29 is 4.74 Å². The average Bonchev–Trinajstić information content (AvgIpc) is 2.28. The number of nitrogens with one attached hydrogen (secondary N) is 1. The van der Waals surface area contributed by atoms with E-state index in [0.29, 0.717) is 18.5 Å². The molecule has 5 nitrogen and oxygen atoms in total. The van der Waals surface area contributed by atoms with Gasteiger partial charge in [0, 0.05) is 6.04 Å². The molecule has 5 heteroatoms. The normalized spacial score (nSPS) is 32.4. The van der Waals surface area contributed by atoms with Crippen LogP contribution in [0.5, 0.6) is 0 Å². The molecule has 0 radical (unpaired) electrons. The van der Waals surface area contributed by atoms with Gasteiger partial charge in [-0.2, -0.15) is 0 Å². The lowest BCUT2D eigenvalue weighted by molar-refractivity contribution is 0.168. The third kappa shape index (κ3) is 3.99. The minimum atomic E-state index is 0.184. The molecule has 0 aromatic rings. The van der Waals surface area contributed by atoms with Crippen LogP contribution in [-0.4, -0.2) is 37.6 Å². The minimum Gasteiger partial charge on any atom is -0.495 e. The Bertz CT molecular complexity index is 330. The molecule has 0 amide bonds. The second-order valence-electron chi connectivity index (χ2n) is 5.37. The van der Waals surface area contributed by atoms with Crippen molar-refractivity contribution in [3.05, 3.63) is 11.8 Å². The van der Waals surface area contributed by atoms with E-state index < -0.39 is 0 Å². The fraction of sp³-hybridized carbons (Fsp3) is 0.769. The van der Waals surface area contributed by atoms with E-state index >= 15 is 0 Å². The molecule has 5 N–H and O–H groups in total. The van der Waals surface area contributed by atoms with Crippen LogP contribution in [0, 0.1) is 5.92 Å². The summed E-state index contributed by atoms with van der Waals surface area (Å²) in [5, 5.41) is 3.42. The number of aliphatic imine (C=N–C) groups is 1. The lowest BCUT2D eigenvalue weighted by atomic mass is 9.81. The summed E-state index contributed by atoms with van der Waals surface area (Å²) in [4.78, 5) is 4.30. The van der Waals surface area contributed by atoms with Crippen molar-refractivity contribution in [2.75, 3.05) is 19.7 Å². The molecule has 0 aromatic carbocycles. The van der Waals surface area contributed by atoms with Gasteiger partial charge in [0.15, 0.2) is 0 Å². The van der Waals surface area contributed by atoms with Crippen molar-refractivity contribution >= 4 is 5.84 Å². The zero-order chi connectivity index (χ0) is 13.0. The maximum absolute atomic E-state index is 5.75. The quantitative estimate of drug-likeness (QED) is 0.487. The molecule has 0 aromatic heterocycles. The number of rotatable bonds is 5. The molecule has 18 heavy (non-hydrogen) atoms. The fourth-order valence-corrected chi connectivity index (χ4v) is 2.45. The van der Waals surface area contributed by atoms with E-state index in [2.05, 4.69) is 16.4 Å². The maximum Gasteiger partial charge on any atom is 0.110 e. The van der Waals surface area contributed by atoms with Crippen LogP contribution in [0.4, 0.5) is 0 Å². The molecule has 1 atom stereocenters. The van der Waals surface area contributed by atoms with Crippen molar-refractivity contribution in [3.8, 4) is 0 Å². The number of ether oxygens (including phenoxy) is 1. The zero-order valence-electron chi connectivity index (χ0n) is 11.1. The van der Waals surface area contributed by atoms with Crippen LogP contribution in [0.1, 0.15) is 26.2 Å². The van der Waals surface area contributed by atoms with Gasteiger partial charge in [-0.15, -0.1) is 0 Å². The summed E-state index contributed by atoms with van der Waals surface area (Å²) in [5.74, 6) is 2.40. The molecular formula is C13H24N4O. The maximum atomic E-state index is 5.75. The summed E-state index contributed by atoms with van der Waals surface area (Å²) in [5.41, 5.74) is 11.3. The Labute approximate surface area is 109 Å². The average molecular weight is 252 g/mol. The Morgan fingerprint density at radius 1 is 1.56 bits per heavy atom. The highest BCUT2D eigenvalue weighted by atomic mass is 16.5. The molecule has 2 rings (SSSR count). The zero-order valence-corrected chi connectivity index (χ0v) is 11.1. The van der Waals surface area contributed by atoms with Gasteiger partial charge in [0.25, 0.3) is 0 Å². The molecule has 0 spiro atoms. The number of hydrogen-bond acceptors (Lipinski definition) is 4. The molecule has 2 aliphatic rings. The summed E-state index contributed by atoms with van der Waals surface area (Å²) in [6.45, 7) is 4.29. The van der Waals surface area contributed by atoms with Gasteiger partial charge in [0.05, 0.1) is 18.4 Å². The first-order valence-corrected chi connectivity index (χ1v) is 6.71. The lowest BCUT2D eigenvalue weighted by Gasteiger charge is -2.32.